The molecular weight excluding hydrogens is 284 g/mol. The molecule has 2 rings (SSSR count). The molecule has 0 saturated carbocycles. The Kier molecular flexibility index (Phi) is 4.85. The molecule has 1 heterocycles. The van der Waals surface area contributed by atoms with E-state index in [1.165, 1.54) is 12.0 Å². The number of rotatable bonds is 5. The van der Waals surface area contributed by atoms with Crippen LogP contribution in [0.2, 0.25) is 0 Å². The summed E-state index contributed by atoms with van der Waals surface area (Å²) in [4.78, 5) is 15.2. The highest BCUT2D eigenvalue weighted by molar-refractivity contribution is 7.09. The van der Waals surface area contributed by atoms with Gasteiger partial charge in [0.05, 0.1) is 30.6 Å². The summed E-state index contributed by atoms with van der Waals surface area (Å²) in [7, 11) is 1.38. The quantitative estimate of drug-likeness (QED) is 0.678. The summed E-state index contributed by atoms with van der Waals surface area (Å²) < 4.78 is 4.78. The fourth-order valence-corrected chi connectivity index (χ4v) is 2.86. The van der Waals surface area contributed by atoms with Gasteiger partial charge in [-0.25, -0.2) is 4.79 Å². The molecule has 0 bridgehead atoms. The summed E-state index contributed by atoms with van der Waals surface area (Å²) in [6, 6.07) is 9.64. The summed E-state index contributed by atoms with van der Waals surface area (Å²) in [6.45, 7) is 4.99. The van der Waals surface area contributed by atoms with Crippen LogP contribution in [0.3, 0.4) is 0 Å². The van der Waals surface area contributed by atoms with Crippen molar-refractivity contribution in [2.75, 3.05) is 17.7 Å². The Balaban J connectivity index is 2.37. The first-order chi connectivity index (χ1) is 10.0. The number of thiophene rings is 1. The largest absolute Gasteiger partial charge is 0.465 e. The van der Waals surface area contributed by atoms with Crippen molar-refractivity contribution in [3.63, 3.8) is 0 Å². The van der Waals surface area contributed by atoms with E-state index in [9.17, 15) is 4.79 Å². The van der Waals surface area contributed by atoms with Crippen LogP contribution < -0.4 is 10.6 Å². The van der Waals surface area contributed by atoms with Crippen molar-refractivity contribution in [2.45, 2.75) is 26.4 Å². The van der Waals surface area contributed by atoms with Gasteiger partial charge in [0, 0.05) is 10.9 Å². The molecule has 2 aromatic rings. The van der Waals surface area contributed by atoms with Gasteiger partial charge in [-0.15, -0.1) is 11.3 Å². The van der Waals surface area contributed by atoms with Crippen molar-refractivity contribution in [1.29, 1.82) is 0 Å². The lowest BCUT2D eigenvalue weighted by molar-refractivity contribution is 0.0601. The maximum Gasteiger partial charge on any atom is 0.337 e. The Morgan fingerprint density at radius 2 is 2.14 bits per heavy atom. The predicted octanol–water partition coefficient (Wildman–Crippen LogP) is 3.53. The van der Waals surface area contributed by atoms with E-state index in [0.29, 0.717) is 11.3 Å². The molecule has 0 aliphatic rings. The van der Waals surface area contributed by atoms with Crippen LogP contribution in [0.15, 0.2) is 35.7 Å². The second-order valence-corrected chi connectivity index (χ2v) is 6.10. The van der Waals surface area contributed by atoms with Gasteiger partial charge in [0.2, 0.25) is 0 Å². The molecule has 0 atom stereocenters. The smallest absolute Gasteiger partial charge is 0.337 e. The Morgan fingerprint density at radius 1 is 1.38 bits per heavy atom. The van der Waals surface area contributed by atoms with Gasteiger partial charge >= 0.3 is 5.97 Å². The highest BCUT2D eigenvalue weighted by atomic mass is 32.1. The van der Waals surface area contributed by atoms with Gasteiger partial charge in [-0.1, -0.05) is 6.07 Å². The molecule has 0 saturated heterocycles. The lowest BCUT2D eigenvalue weighted by Gasteiger charge is -2.30. The molecule has 0 amide bonds. The van der Waals surface area contributed by atoms with E-state index in [2.05, 4.69) is 30.2 Å². The summed E-state index contributed by atoms with van der Waals surface area (Å²) in [5, 5.41) is 2.06. The van der Waals surface area contributed by atoms with Crippen LogP contribution in [-0.2, 0) is 11.3 Å². The predicted molar refractivity (Wildman–Crippen MR) is 87.8 cm³/mol. The summed E-state index contributed by atoms with van der Waals surface area (Å²) in [6.07, 6.45) is 0. The minimum absolute atomic E-state index is 0.266. The SMILES string of the molecule is COC(=O)c1ccc(N)c(N(Cc2cccs2)C(C)C)c1. The lowest BCUT2D eigenvalue weighted by Crippen LogP contribution is -2.30. The van der Waals surface area contributed by atoms with E-state index in [1.54, 1.807) is 29.5 Å². The van der Waals surface area contributed by atoms with Gasteiger partial charge in [0.1, 0.15) is 0 Å². The normalized spacial score (nSPS) is 10.7. The van der Waals surface area contributed by atoms with E-state index in [4.69, 9.17) is 10.5 Å². The highest BCUT2D eigenvalue weighted by Crippen LogP contribution is 2.29. The maximum absolute atomic E-state index is 11.7. The molecule has 0 aliphatic carbocycles. The van der Waals surface area contributed by atoms with Crippen LogP contribution in [-0.4, -0.2) is 19.1 Å². The number of nitrogen functional groups attached to an aromatic ring is 1. The number of benzene rings is 1. The van der Waals surface area contributed by atoms with Crippen LogP contribution in [0.25, 0.3) is 0 Å². The highest BCUT2D eigenvalue weighted by Gasteiger charge is 2.17. The molecule has 1 aromatic carbocycles. The van der Waals surface area contributed by atoms with Crippen LogP contribution in [0.1, 0.15) is 29.1 Å². The average Bonchev–Trinajstić information content (AvgIpc) is 2.97. The first-order valence-corrected chi connectivity index (χ1v) is 7.67. The molecule has 0 spiro atoms. The minimum Gasteiger partial charge on any atom is -0.465 e. The zero-order valence-electron chi connectivity index (χ0n) is 12.5. The first-order valence-electron chi connectivity index (χ1n) is 6.79. The van der Waals surface area contributed by atoms with Crippen LogP contribution in [0, 0.1) is 0 Å². The number of nitrogens with two attached hydrogens (primary N) is 1. The molecular formula is C16H20N2O2S. The Labute approximate surface area is 129 Å². The average molecular weight is 304 g/mol. The third-order valence-corrected chi connectivity index (χ3v) is 4.15. The van der Waals surface area contributed by atoms with Crippen molar-refractivity contribution in [3.8, 4) is 0 Å². The number of carbonyl (C=O) groups is 1. The molecule has 5 heteroatoms. The molecule has 1 aromatic heterocycles. The molecule has 0 unspecified atom stereocenters. The molecule has 4 nitrogen and oxygen atoms in total. The number of esters is 1. The Bertz CT molecular complexity index is 609. The van der Waals surface area contributed by atoms with Gasteiger partial charge in [-0.3, -0.25) is 0 Å². The van der Waals surface area contributed by atoms with Crippen molar-refractivity contribution < 1.29 is 9.53 Å². The summed E-state index contributed by atoms with van der Waals surface area (Å²) in [5.41, 5.74) is 8.14. The van der Waals surface area contributed by atoms with E-state index in [1.807, 2.05) is 6.07 Å². The molecule has 112 valence electrons. The van der Waals surface area contributed by atoms with Crippen molar-refractivity contribution in [2.24, 2.45) is 0 Å². The molecule has 21 heavy (non-hydrogen) atoms. The third kappa shape index (κ3) is 3.55. The first kappa shape index (κ1) is 15.4. The van der Waals surface area contributed by atoms with Gasteiger partial charge in [-0.2, -0.15) is 0 Å². The number of nitrogens with zero attached hydrogens (tertiary/aromatic N) is 1. The number of methoxy groups -OCH3 is 1. The van der Waals surface area contributed by atoms with Gasteiger partial charge in [-0.05, 0) is 43.5 Å². The fourth-order valence-electron chi connectivity index (χ4n) is 2.15. The van der Waals surface area contributed by atoms with Gasteiger partial charge in [0.15, 0.2) is 0 Å². The van der Waals surface area contributed by atoms with Crippen LogP contribution >= 0.6 is 11.3 Å². The van der Waals surface area contributed by atoms with Gasteiger partial charge in [0.25, 0.3) is 0 Å². The molecule has 0 aliphatic heterocycles. The van der Waals surface area contributed by atoms with Crippen LogP contribution in [0.5, 0.6) is 0 Å². The van der Waals surface area contributed by atoms with Crippen molar-refractivity contribution in [3.05, 3.63) is 46.2 Å². The minimum atomic E-state index is -0.351. The molecule has 2 N–H and O–H groups in total. The maximum atomic E-state index is 11.7. The Hall–Kier alpha value is -2.01. The standard InChI is InChI=1S/C16H20N2O2S/c1-11(2)18(10-13-5-4-8-21-13)15-9-12(16(19)20-3)6-7-14(15)17/h4-9,11H,10,17H2,1-3H3. The van der Waals surface area contributed by atoms with E-state index in [0.717, 1.165) is 12.2 Å². The zero-order valence-corrected chi connectivity index (χ0v) is 13.3. The molecule has 0 radical (unpaired) electrons. The number of hydrogen-bond donors (Lipinski definition) is 1. The fraction of sp³-hybridized carbons (Fsp3) is 0.312. The number of carbonyl (C=O) groups excluding carboxylic acids is 1. The monoisotopic (exact) mass is 304 g/mol. The van der Waals surface area contributed by atoms with E-state index >= 15 is 0 Å². The third-order valence-electron chi connectivity index (χ3n) is 3.29. The second-order valence-electron chi connectivity index (χ2n) is 5.07. The number of anilines is 2. The van der Waals surface area contributed by atoms with Crippen molar-refractivity contribution in [1.82, 2.24) is 0 Å². The van der Waals surface area contributed by atoms with E-state index < -0.39 is 0 Å². The Morgan fingerprint density at radius 3 is 2.71 bits per heavy atom. The van der Waals surface area contributed by atoms with E-state index in [-0.39, 0.29) is 12.0 Å². The topological polar surface area (TPSA) is 55.6 Å². The van der Waals surface area contributed by atoms with Gasteiger partial charge < -0.3 is 15.4 Å². The molecule has 0 fully saturated rings. The lowest BCUT2D eigenvalue weighted by atomic mass is 10.1. The number of hydrogen-bond acceptors (Lipinski definition) is 5. The summed E-state index contributed by atoms with van der Waals surface area (Å²) >= 11 is 1.71. The number of ether oxygens (including phenoxy) is 1. The zero-order chi connectivity index (χ0) is 15.4. The van der Waals surface area contributed by atoms with Crippen LogP contribution in [0.4, 0.5) is 11.4 Å². The summed E-state index contributed by atoms with van der Waals surface area (Å²) in [5.74, 6) is -0.351. The second kappa shape index (κ2) is 6.63. The van der Waals surface area contributed by atoms with Crippen molar-refractivity contribution >= 4 is 28.7 Å².